The number of thiazole rings is 1. The SMILES string of the molecule is CCSCCC(=O)Nc1nc(-c2ccccn2)cs1. The third-order valence-electron chi connectivity index (χ3n) is 2.36. The molecular formula is C13H15N3OS2. The second-order valence-electron chi connectivity index (χ2n) is 3.75. The van der Waals surface area contributed by atoms with Gasteiger partial charge in [-0.2, -0.15) is 11.8 Å². The van der Waals surface area contributed by atoms with Gasteiger partial charge in [0.1, 0.15) is 5.69 Å². The normalized spacial score (nSPS) is 10.4. The summed E-state index contributed by atoms with van der Waals surface area (Å²) in [4.78, 5) is 20.3. The highest BCUT2D eigenvalue weighted by Crippen LogP contribution is 2.23. The molecule has 0 aliphatic heterocycles. The lowest BCUT2D eigenvalue weighted by atomic mass is 10.3. The van der Waals surface area contributed by atoms with Crippen LogP contribution in [0.1, 0.15) is 13.3 Å². The van der Waals surface area contributed by atoms with Crippen molar-refractivity contribution in [1.82, 2.24) is 9.97 Å². The Kier molecular flexibility index (Phi) is 5.35. The van der Waals surface area contributed by atoms with Crippen LogP contribution in [0.15, 0.2) is 29.8 Å². The number of carbonyl (C=O) groups is 1. The van der Waals surface area contributed by atoms with E-state index in [1.807, 2.05) is 23.6 Å². The molecule has 0 fully saturated rings. The van der Waals surface area contributed by atoms with E-state index >= 15 is 0 Å². The van der Waals surface area contributed by atoms with Gasteiger partial charge < -0.3 is 5.32 Å². The molecule has 0 aromatic carbocycles. The van der Waals surface area contributed by atoms with Gasteiger partial charge in [-0.1, -0.05) is 13.0 Å². The van der Waals surface area contributed by atoms with E-state index in [9.17, 15) is 4.79 Å². The van der Waals surface area contributed by atoms with Crippen molar-refractivity contribution in [3.8, 4) is 11.4 Å². The minimum atomic E-state index is 0.0165. The van der Waals surface area contributed by atoms with Crippen molar-refractivity contribution in [2.45, 2.75) is 13.3 Å². The molecule has 1 amide bonds. The Morgan fingerprint density at radius 1 is 1.42 bits per heavy atom. The Morgan fingerprint density at radius 3 is 3.05 bits per heavy atom. The second-order valence-corrected chi connectivity index (χ2v) is 6.00. The fraction of sp³-hybridized carbons (Fsp3) is 0.308. The Bertz CT molecular complexity index is 528. The van der Waals surface area contributed by atoms with Crippen LogP contribution in [0, 0.1) is 0 Å². The van der Waals surface area contributed by atoms with Crippen molar-refractivity contribution in [1.29, 1.82) is 0 Å². The average molecular weight is 293 g/mol. The lowest BCUT2D eigenvalue weighted by Crippen LogP contribution is -2.12. The number of hydrogen-bond donors (Lipinski definition) is 1. The molecule has 19 heavy (non-hydrogen) atoms. The lowest BCUT2D eigenvalue weighted by molar-refractivity contribution is -0.115. The van der Waals surface area contributed by atoms with Crippen molar-refractivity contribution in [2.75, 3.05) is 16.8 Å². The molecule has 0 unspecified atom stereocenters. The fourth-order valence-electron chi connectivity index (χ4n) is 1.45. The standard InChI is InChI=1S/C13H15N3OS2/c1-2-18-8-6-12(17)16-13-15-11(9-19-13)10-5-3-4-7-14-10/h3-5,7,9H,2,6,8H2,1H3,(H,15,16,17). The summed E-state index contributed by atoms with van der Waals surface area (Å²) in [5.41, 5.74) is 1.62. The molecule has 1 N–H and O–H groups in total. The van der Waals surface area contributed by atoms with Crippen LogP contribution in [0.3, 0.4) is 0 Å². The van der Waals surface area contributed by atoms with E-state index in [1.54, 1.807) is 18.0 Å². The van der Waals surface area contributed by atoms with Crippen molar-refractivity contribution in [2.24, 2.45) is 0 Å². The molecule has 2 aromatic rings. The predicted octanol–water partition coefficient (Wildman–Crippen LogP) is 3.29. The molecule has 100 valence electrons. The van der Waals surface area contributed by atoms with Crippen LogP contribution in [0.2, 0.25) is 0 Å². The van der Waals surface area contributed by atoms with Gasteiger partial charge in [0.2, 0.25) is 5.91 Å². The van der Waals surface area contributed by atoms with E-state index in [0.717, 1.165) is 22.9 Å². The zero-order chi connectivity index (χ0) is 13.5. The van der Waals surface area contributed by atoms with Gasteiger partial charge in [0.15, 0.2) is 5.13 Å². The second kappa shape index (κ2) is 7.25. The molecule has 0 aliphatic carbocycles. The van der Waals surface area contributed by atoms with Crippen LogP contribution < -0.4 is 5.32 Å². The summed E-state index contributed by atoms with van der Waals surface area (Å²) in [7, 11) is 0. The van der Waals surface area contributed by atoms with Crippen molar-refractivity contribution in [3.63, 3.8) is 0 Å². The van der Waals surface area contributed by atoms with Crippen molar-refractivity contribution < 1.29 is 4.79 Å². The summed E-state index contributed by atoms with van der Waals surface area (Å²) >= 11 is 3.18. The first-order chi connectivity index (χ1) is 9.29. The van der Waals surface area contributed by atoms with Gasteiger partial charge in [-0.15, -0.1) is 11.3 Å². The van der Waals surface area contributed by atoms with Crippen molar-refractivity contribution >= 4 is 34.1 Å². The highest BCUT2D eigenvalue weighted by molar-refractivity contribution is 7.99. The molecule has 0 radical (unpaired) electrons. The number of hydrogen-bond acceptors (Lipinski definition) is 5. The van der Waals surface area contributed by atoms with Crippen LogP contribution in [0.25, 0.3) is 11.4 Å². The van der Waals surface area contributed by atoms with E-state index < -0.39 is 0 Å². The lowest BCUT2D eigenvalue weighted by Gasteiger charge is -2.00. The monoisotopic (exact) mass is 293 g/mol. The average Bonchev–Trinajstić information content (AvgIpc) is 2.88. The number of nitrogens with zero attached hydrogens (tertiary/aromatic N) is 2. The number of aromatic nitrogens is 2. The smallest absolute Gasteiger partial charge is 0.226 e. The molecule has 0 atom stereocenters. The zero-order valence-electron chi connectivity index (χ0n) is 10.6. The minimum absolute atomic E-state index is 0.0165. The molecule has 0 aliphatic rings. The maximum atomic E-state index is 11.7. The molecule has 0 saturated carbocycles. The van der Waals surface area contributed by atoms with Crippen LogP contribution in [-0.2, 0) is 4.79 Å². The predicted molar refractivity (Wildman–Crippen MR) is 81.6 cm³/mol. The number of thioether (sulfide) groups is 1. The summed E-state index contributed by atoms with van der Waals surface area (Å²) < 4.78 is 0. The molecule has 6 heteroatoms. The quantitative estimate of drug-likeness (QED) is 0.830. The van der Waals surface area contributed by atoms with Gasteiger partial charge in [0.25, 0.3) is 0 Å². The van der Waals surface area contributed by atoms with Gasteiger partial charge in [0, 0.05) is 23.8 Å². The Morgan fingerprint density at radius 2 is 2.32 bits per heavy atom. The first-order valence-electron chi connectivity index (χ1n) is 6.04. The number of anilines is 1. The zero-order valence-corrected chi connectivity index (χ0v) is 12.3. The Labute approximate surface area is 120 Å². The van der Waals surface area contributed by atoms with Gasteiger partial charge >= 0.3 is 0 Å². The molecular weight excluding hydrogens is 278 g/mol. The largest absolute Gasteiger partial charge is 0.302 e. The molecule has 2 heterocycles. The van der Waals surface area contributed by atoms with Gasteiger partial charge in [0.05, 0.1) is 5.69 Å². The highest BCUT2D eigenvalue weighted by atomic mass is 32.2. The number of amides is 1. The molecule has 0 spiro atoms. The first kappa shape index (κ1) is 14.0. The van der Waals surface area contributed by atoms with Gasteiger partial charge in [-0.05, 0) is 17.9 Å². The first-order valence-corrected chi connectivity index (χ1v) is 8.07. The van der Waals surface area contributed by atoms with E-state index in [2.05, 4.69) is 22.2 Å². The third-order valence-corrected chi connectivity index (χ3v) is 4.01. The number of nitrogens with one attached hydrogen (secondary N) is 1. The Balaban J connectivity index is 1.93. The summed E-state index contributed by atoms with van der Waals surface area (Å²) in [6, 6.07) is 5.68. The minimum Gasteiger partial charge on any atom is -0.302 e. The van der Waals surface area contributed by atoms with E-state index in [1.165, 1.54) is 11.3 Å². The van der Waals surface area contributed by atoms with Crippen LogP contribution in [0.4, 0.5) is 5.13 Å². The van der Waals surface area contributed by atoms with Crippen LogP contribution in [0.5, 0.6) is 0 Å². The summed E-state index contributed by atoms with van der Waals surface area (Å²) in [5, 5.41) is 5.35. The fourth-order valence-corrected chi connectivity index (χ4v) is 2.79. The molecule has 2 rings (SSSR count). The van der Waals surface area contributed by atoms with E-state index in [-0.39, 0.29) is 5.91 Å². The molecule has 0 bridgehead atoms. The number of carbonyl (C=O) groups excluding carboxylic acids is 1. The number of pyridine rings is 1. The van der Waals surface area contributed by atoms with E-state index in [4.69, 9.17) is 0 Å². The summed E-state index contributed by atoms with van der Waals surface area (Å²) in [6.45, 7) is 2.09. The summed E-state index contributed by atoms with van der Waals surface area (Å²) in [5.74, 6) is 1.90. The Hall–Kier alpha value is -1.40. The van der Waals surface area contributed by atoms with Crippen LogP contribution >= 0.6 is 23.1 Å². The topological polar surface area (TPSA) is 54.9 Å². The molecule has 0 saturated heterocycles. The van der Waals surface area contributed by atoms with Gasteiger partial charge in [-0.3, -0.25) is 9.78 Å². The van der Waals surface area contributed by atoms with Crippen molar-refractivity contribution in [3.05, 3.63) is 29.8 Å². The maximum Gasteiger partial charge on any atom is 0.226 e. The highest BCUT2D eigenvalue weighted by Gasteiger charge is 2.08. The summed E-state index contributed by atoms with van der Waals surface area (Å²) in [6.07, 6.45) is 2.26. The number of rotatable bonds is 6. The maximum absolute atomic E-state index is 11.7. The molecule has 4 nitrogen and oxygen atoms in total. The molecule has 2 aromatic heterocycles. The third kappa shape index (κ3) is 4.33. The van der Waals surface area contributed by atoms with Crippen LogP contribution in [-0.4, -0.2) is 27.4 Å². The van der Waals surface area contributed by atoms with E-state index in [0.29, 0.717) is 11.6 Å². The van der Waals surface area contributed by atoms with Gasteiger partial charge in [-0.25, -0.2) is 4.98 Å².